The molecule has 0 aliphatic heterocycles. The fraction of sp³-hybridized carbons (Fsp3) is 0.524. The van der Waals surface area contributed by atoms with Gasteiger partial charge in [-0.1, -0.05) is 25.1 Å². The molecule has 1 atom stereocenters. The van der Waals surface area contributed by atoms with Crippen LogP contribution >= 0.6 is 0 Å². The van der Waals surface area contributed by atoms with Gasteiger partial charge < -0.3 is 10.6 Å². The molecule has 8 heteroatoms. The number of benzene rings is 1. The monoisotopic (exact) mass is 409 g/mol. The van der Waals surface area contributed by atoms with E-state index in [1.165, 1.54) is 17.7 Å². The molecule has 2 aromatic rings. The van der Waals surface area contributed by atoms with Crippen molar-refractivity contribution < 1.29 is 13.2 Å². The Bertz CT molecular complexity index is 783. The molecule has 0 aliphatic rings. The Hall–Kier alpha value is -2.51. The van der Waals surface area contributed by atoms with E-state index in [2.05, 4.69) is 20.7 Å². The van der Waals surface area contributed by atoms with Gasteiger partial charge in [-0.15, -0.1) is 0 Å². The van der Waals surface area contributed by atoms with Crippen LogP contribution in [-0.4, -0.2) is 35.4 Å². The van der Waals surface area contributed by atoms with Crippen molar-refractivity contribution in [3.05, 3.63) is 53.3 Å². The molecular weight excluding hydrogens is 379 g/mol. The maximum absolute atomic E-state index is 12.9. The third-order valence-corrected chi connectivity index (χ3v) is 4.65. The zero-order valence-corrected chi connectivity index (χ0v) is 17.3. The summed E-state index contributed by atoms with van der Waals surface area (Å²) in [5, 5.41) is 10.6. The van der Waals surface area contributed by atoms with Crippen molar-refractivity contribution in [2.45, 2.75) is 45.2 Å². The Morgan fingerprint density at radius 3 is 2.72 bits per heavy atom. The van der Waals surface area contributed by atoms with Crippen LogP contribution in [0.4, 0.5) is 13.2 Å². The summed E-state index contributed by atoms with van der Waals surface area (Å²) in [4.78, 5) is 4.57. The molecule has 5 nitrogen and oxygen atoms in total. The maximum Gasteiger partial charge on any atom is 0.416 e. The minimum absolute atomic E-state index is 0.0123. The molecule has 2 N–H and O–H groups in total. The molecule has 29 heavy (non-hydrogen) atoms. The number of aryl methyl sites for hydroxylation is 2. The van der Waals surface area contributed by atoms with Gasteiger partial charge in [0.1, 0.15) is 0 Å². The molecular formula is C21H30F3N5. The fourth-order valence-electron chi connectivity index (χ4n) is 3.01. The van der Waals surface area contributed by atoms with Crippen LogP contribution in [0.15, 0.2) is 41.7 Å². The van der Waals surface area contributed by atoms with Gasteiger partial charge >= 0.3 is 6.18 Å². The van der Waals surface area contributed by atoms with Gasteiger partial charge in [0.25, 0.3) is 0 Å². The standard InChI is InChI=1S/C21H30F3N5/c1-4-25-20(26-11-6-7-17-14-28-29(3)15-17)27-12-10-16(2)18-8-5-9-19(13-18)21(22,23)24/h5,8-9,13-16H,4,6-7,10-12H2,1-3H3,(H2,25,26,27). The second-order valence-corrected chi connectivity index (χ2v) is 7.13. The number of hydrogen-bond acceptors (Lipinski definition) is 2. The van der Waals surface area contributed by atoms with E-state index in [0.29, 0.717) is 25.1 Å². The van der Waals surface area contributed by atoms with Crippen LogP contribution in [0.2, 0.25) is 0 Å². The van der Waals surface area contributed by atoms with Crippen LogP contribution in [0.25, 0.3) is 0 Å². The smallest absolute Gasteiger partial charge is 0.357 e. The summed E-state index contributed by atoms with van der Waals surface area (Å²) < 4.78 is 40.5. The van der Waals surface area contributed by atoms with Crippen molar-refractivity contribution >= 4 is 5.96 Å². The number of hydrogen-bond donors (Lipinski definition) is 2. The number of alkyl halides is 3. The van der Waals surface area contributed by atoms with Crippen molar-refractivity contribution in [3.63, 3.8) is 0 Å². The first-order chi connectivity index (χ1) is 13.8. The van der Waals surface area contributed by atoms with Gasteiger partial charge in [0.2, 0.25) is 0 Å². The van der Waals surface area contributed by atoms with E-state index in [1.54, 1.807) is 10.7 Å². The predicted molar refractivity (Wildman–Crippen MR) is 110 cm³/mol. The Kier molecular flexibility index (Phi) is 8.54. The average molecular weight is 410 g/mol. The second kappa shape index (κ2) is 10.9. The lowest BCUT2D eigenvalue weighted by atomic mass is 9.96. The van der Waals surface area contributed by atoms with E-state index < -0.39 is 11.7 Å². The van der Waals surface area contributed by atoms with E-state index in [4.69, 9.17) is 0 Å². The predicted octanol–water partition coefficient (Wildman–Crippen LogP) is 4.12. The summed E-state index contributed by atoms with van der Waals surface area (Å²) in [5.74, 6) is 0.744. The minimum Gasteiger partial charge on any atom is -0.357 e. The van der Waals surface area contributed by atoms with Gasteiger partial charge in [0, 0.05) is 32.9 Å². The second-order valence-electron chi connectivity index (χ2n) is 7.13. The van der Waals surface area contributed by atoms with Crippen molar-refractivity contribution in [1.82, 2.24) is 20.4 Å². The third-order valence-electron chi connectivity index (χ3n) is 4.65. The zero-order valence-electron chi connectivity index (χ0n) is 17.3. The van der Waals surface area contributed by atoms with Gasteiger partial charge in [0.15, 0.2) is 5.96 Å². The molecule has 160 valence electrons. The molecule has 0 amide bonds. The summed E-state index contributed by atoms with van der Waals surface area (Å²) >= 11 is 0. The zero-order chi connectivity index (χ0) is 21.3. The van der Waals surface area contributed by atoms with E-state index in [9.17, 15) is 13.2 Å². The third kappa shape index (κ3) is 7.79. The highest BCUT2D eigenvalue weighted by molar-refractivity contribution is 5.79. The van der Waals surface area contributed by atoms with Gasteiger partial charge in [-0.3, -0.25) is 9.67 Å². The molecule has 1 heterocycles. The first-order valence-corrected chi connectivity index (χ1v) is 9.96. The first kappa shape index (κ1) is 22.8. The van der Waals surface area contributed by atoms with E-state index in [-0.39, 0.29) is 5.92 Å². The number of aromatic nitrogens is 2. The Morgan fingerprint density at radius 2 is 2.07 bits per heavy atom. The summed E-state index contributed by atoms with van der Waals surface area (Å²) in [6.07, 6.45) is 2.10. The first-order valence-electron chi connectivity index (χ1n) is 9.96. The molecule has 0 bridgehead atoms. The van der Waals surface area contributed by atoms with Gasteiger partial charge in [-0.25, -0.2) is 0 Å². The lowest BCUT2D eigenvalue weighted by Gasteiger charge is -2.16. The number of nitrogens with zero attached hydrogens (tertiary/aromatic N) is 3. The molecule has 0 saturated carbocycles. The molecule has 1 aromatic carbocycles. The van der Waals surface area contributed by atoms with Crippen LogP contribution < -0.4 is 10.6 Å². The van der Waals surface area contributed by atoms with E-state index >= 15 is 0 Å². The largest absolute Gasteiger partial charge is 0.416 e. The topological polar surface area (TPSA) is 54.2 Å². The number of rotatable bonds is 9. The number of nitrogens with one attached hydrogen (secondary N) is 2. The van der Waals surface area contributed by atoms with Crippen molar-refractivity contribution in [2.24, 2.45) is 12.0 Å². The van der Waals surface area contributed by atoms with E-state index in [0.717, 1.165) is 31.4 Å². The van der Waals surface area contributed by atoms with Crippen LogP contribution in [-0.2, 0) is 19.6 Å². The average Bonchev–Trinajstić information content (AvgIpc) is 3.09. The Morgan fingerprint density at radius 1 is 1.28 bits per heavy atom. The SMILES string of the molecule is CCNC(=NCCCc1cnn(C)c1)NCCC(C)c1cccc(C(F)(F)F)c1. The highest BCUT2D eigenvalue weighted by atomic mass is 19.4. The number of aliphatic imine (C=N–C) groups is 1. The number of guanidine groups is 1. The molecule has 1 aromatic heterocycles. The maximum atomic E-state index is 12.9. The highest BCUT2D eigenvalue weighted by Gasteiger charge is 2.30. The molecule has 0 fully saturated rings. The molecule has 0 saturated heterocycles. The normalized spacial score (nSPS) is 13.4. The number of halogens is 3. The summed E-state index contributed by atoms with van der Waals surface area (Å²) in [5.41, 5.74) is 1.29. The lowest BCUT2D eigenvalue weighted by Crippen LogP contribution is -2.38. The molecule has 0 aliphatic carbocycles. The Balaban J connectivity index is 1.80. The van der Waals surface area contributed by atoms with Gasteiger partial charge in [0.05, 0.1) is 11.8 Å². The van der Waals surface area contributed by atoms with Gasteiger partial charge in [-0.2, -0.15) is 18.3 Å². The minimum atomic E-state index is -4.31. The summed E-state index contributed by atoms with van der Waals surface area (Å²) in [6, 6.07) is 5.56. The molecule has 1 unspecified atom stereocenters. The van der Waals surface area contributed by atoms with E-state index in [1.807, 2.05) is 33.3 Å². The quantitative estimate of drug-likeness (QED) is 0.372. The van der Waals surface area contributed by atoms with Crippen molar-refractivity contribution in [2.75, 3.05) is 19.6 Å². The lowest BCUT2D eigenvalue weighted by molar-refractivity contribution is -0.137. The van der Waals surface area contributed by atoms with Crippen molar-refractivity contribution in [3.8, 4) is 0 Å². The summed E-state index contributed by atoms with van der Waals surface area (Å²) in [7, 11) is 1.90. The molecule has 0 spiro atoms. The van der Waals surface area contributed by atoms with Gasteiger partial charge in [-0.05, 0) is 49.3 Å². The molecule has 0 radical (unpaired) electrons. The van der Waals surface area contributed by atoms with Crippen LogP contribution in [0.3, 0.4) is 0 Å². The van der Waals surface area contributed by atoms with Crippen LogP contribution in [0.5, 0.6) is 0 Å². The molecule has 2 rings (SSSR count). The highest BCUT2D eigenvalue weighted by Crippen LogP contribution is 2.31. The van der Waals surface area contributed by atoms with Crippen molar-refractivity contribution in [1.29, 1.82) is 0 Å². The summed E-state index contributed by atoms with van der Waals surface area (Å²) in [6.45, 7) is 6.00. The fourth-order valence-corrected chi connectivity index (χ4v) is 3.01. The van der Waals surface area contributed by atoms with Crippen LogP contribution in [0, 0.1) is 0 Å². The van der Waals surface area contributed by atoms with Crippen LogP contribution in [0.1, 0.15) is 49.3 Å². The Labute approximate surface area is 170 Å².